The molecular formula is C32H32Cl2FN7O2. The zero-order valence-electron chi connectivity index (χ0n) is 24.6. The molecule has 12 heteroatoms. The van der Waals surface area contributed by atoms with Crippen molar-refractivity contribution in [3.63, 3.8) is 0 Å². The maximum atomic E-state index is 13.8. The first-order chi connectivity index (χ1) is 20.9. The van der Waals surface area contributed by atoms with E-state index in [1.807, 2.05) is 37.3 Å². The van der Waals surface area contributed by atoms with E-state index in [1.54, 1.807) is 38.0 Å². The van der Waals surface area contributed by atoms with E-state index in [2.05, 4.69) is 39.2 Å². The van der Waals surface area contributed by atoms with Gasteiger partial charge in [-0.1, -0.05) is 54.1 Å². The molecule has 44 heavy (non-hydrogen) atoms. The van der Waals surface area contributed by atoms with Gasteiger partial charge in [0.2, 0.25) is 0 Å². The lowest BCUT2D eigenvalue weighted by Crippen LogP contribution is -2.41. The highest BCUT2D eigenvalue weighted by Crippen LogP contribution is 2.36. The number of rotatable bonds is 10. The lowest BCUT2D eigenvalue weighted by Gasteiger charge is -2.22. The van der Waals surface area contributed by atoms with Crippen LogP contribution in [0.5, 0.6) is 0 Å². The molecule has 0 bridgehead atoms. The molecule has 4 rings (SSSR count). The van der Waals surface area contributed by atoms with E-state index in [-0.39, 0.29) is 23.3 Å². The van der Waals surface area contributed by atoms with Gasteiger partial charge in [0.25, 0.3) is 0 Å². The summed E-state index contributed by atoms with van der Waals surface area (Å²) in [6.07, 6.45) is 10.7. The molecule has 9 nitrogen and oxygen atoms in total. The minimum absolute atomic E-state index is 0.0208. The number of nitrogens with zero attached hydrogens (tertiary/aromatic N) is 3. The number of hydrogen-bond donors (Lipinski definition) is 4. The summed E-state index contributed by atoms with van der Waals surface area (Å²) in [6.45, 7) is 11.5. The molecule has 0 saturated carbocycles. The number of hydrogen-bond acceptors (Lipinski definition) is 9. The van der Waals surface area contributed by atoms with Gasteiger partial charge in [0.1, 0.15) is 11.9 Å². The number of benzene rings is 2. The molecule has 4 N–H and O–H groups in total. The van der Waals surface area contributed by atoms with Gasteiger partial charge in [-0.2, -0.15) is 5.26 Å². The molecule has 0 fully saturated rings. The van der Waals surface area contributed by atoms with Crippen LogP contribution in [0.4, 0.5) is 21.5 Å². The number of hydrazine groups is 2. The molecule has 1 aliphatic rings. The standard InChI is InChI=1S/C32H32Cl2FN7O2/c1-6-7-8-9-19(2)28(27-17-42(41-40-27)18-44-31(43)32(3,4)5)39-22-12-23-29(38-21-10-11-26(35)24(33)13-21)20(15-36)16-37-30(23)25(34)14-22/h6-14,16-17,28,39-41H,2,18H2,1,3-5H3,(H,37,38)/b7-6-,9-8-/t28-/m0/s1. The zero-order valence-corrected chi connectivity index (χ0v) is 26.1. The fraction of sp³-hybridized carbons (Fsp3) is 0.219. The van der Waals surface area contributed by atoms with Gasteiger partial charge < -0.3 is 20.8 Å². The normalized spacial score (nSPS) is 14.0. The molecule has 0 radical (unpaired) electrons. The third-order valence-electron chi connectivity index (χ3n) is 6.43. The Morgan fingerprint density at radius 2 is 1.98 bits per heavy atom. The number of carbonyl (C=O) groups excluding carboxylic acids is 1. The average molecular weight is 637 g/mol. The Bertz CT molecular complexity index is 1720. The minimum atomic E-state index is -0.637. The van der Waals surface area contributed by atoms with Crippen molar-refractivity contribution in [1.82, 2.24) is 21.0 Å². The minimum Gasteiger partial charge on any atom is -0.442 e. The van der Waals surface area contributed by atoms with Crippen LogP contribution in [0.25, 0.3) is 10.9 Å². The number of fused-ring (bicyclic) bond motifs is 1. The smallest absolute Gasteiger partial charge is 0.312 e. The van der Waals surface area contributed by atoms with Crippen LogP contribution in [0, 0.1) is 22.6 Å². The maximum Gasteiger partial charge on any atom is 0.312 e. The number of pyridine rings is 1. The molecular weight excluding hydrogens is 604 g/mol. The quantitative estimate of drug-likeness (QED) is 0.133. The number of nitriles is 1. The molecule has 0 saturated heterocycles. The van der Waals surface area contributed by atoms with E-state index in [0.717, 1.165) is 0 Å². The summed E-state index contributed by atoms with van der Waals surface area (Å²) in [5, 5.41) is 18.9. The Morgan fingerprint density at radius 3 is 2.66 bits per heavy atom. The first kappa shape index (κ1) is 32.4. The van der Waals surface area contributed by atoms with Crippen LogP contribution in [-0.2, 0) is 9.53 Å². The number of nitrogens with one attached hydrogen (secondary N) is 4. The SMILES string of the molecule is C=C(/C=C\C=C/C)[C@H](Nc1cc(Cl)c2ncc(C#N)c(Nc3ccc(F)c(Cl)c3)c2c1)C1=CN(COC(=O)C(C)(C)C)NN1. The van der Waals surface area contributed by atoms with Crippen LogP contribution >= 0.6 is 23.2 Å². The van der Waals surface area contributed by atoms with Gasteiger partial charge >= 0.3 is 5.97 Å². The molecule has 2 heterocycles. The molecule has 1 aliphatic heterocycles. The molecule has 0 aliphatic carbocycles. The Labute approximate surface area is 265 Å². The molecule has 0 amide bonds. The van der Waals surface area contributed by atoms with Crippen molar-refractivity contribution in [2.24, 2.45) is 5.41 Å². The van der Waals surface area contributed by atoms with E-state index in [9.17, 15) is 14.4 Å². The first-order valence-corrected chi connectivity index (χ1v) is 14.3. The van der Waals surface area contributed by atoms with E-state index < -0.39 is 17.3 Å². The van der Waals surface area contributed by atoms with Crippen molar-refractivity contribution in [2.75, 3.05) is 17.4 Å². The van der Waals surface area contributed by atoms with E-state index in [1.165, 1.54) is 24.4 Å². The van der Waals surface area contributed by atoms with Crippen molar-refractivity contribution in [1.29, 1.82) is 5.26 Å². The van der Waals surface area contributed by atoms with Gasteiger partial charge in [-0.3, -0.25) is 14.8 Å². The van der Waals surface area contributed by atoms with Crippen molar-refractivity contribution in [3.05, 3.63) is 106 Å². The Balaban J connectivity index is 1.71. The van der Waals surface area contributed by atoms with Crippen molar-refractivity contribution >= 4 is 57.1 Å². The largest absolute Gasteiger partial charge is 0.442 e. The van der Waals surface area contributed by atoms with Crippen molar-refractivity contribution < 1.29 is 13.9 Å². The lowest BCUT2D eigenvalue weighted by atomic mass is 9.98. The summed E-state index contributed by atoms with van der Waals surface area (Å²) in [5.41, 5.74) is 9.07. The van der Waals surface area contributed by atoms with Crippen LogP contribution in [0.3, 0.4) is 0 Å². The molecule has 1 atom stereocenters. The van der Waals surface area contributed by atoms with Gasteiger partial charge in [-0.15, -0.1) is 5.53 Å². The second-order valence-electron chi connectivity index (χ2n) is 10.9. The van der Waals surface area contributed by atoms with E-state index >= 15 is 0 Å². The third kappa shape index (κ3) is 7.68. The highest BCUT2D eigenvalue weighted by atomic mass is 35.5. The molecule has 0 spiro atoms. The van der Waals surface area contributed by atoms with Crippen molar-refractivity contribution in [2.45, 2.75) is 33.7 Å². The summed E-state index contributed by atoms with van der Waals surface area (Å²) in [6, 6.07) is 9.38. The zero-order chi connectivity index (χ0) is 32.0. The predicted molar refractivity (Wildman–Crippen MR) is 173 cm³/mol. The van der Waals surface area contributed by atoms with Gasteiger partial charge in [-0.25, -0.2) is 4.39 Å². The first-order valence-electron chi connectivity index (χ1n) is 13.6. The molecule has 228 valence electrons. The number of esters is 1. The summed E-state index contributed by atoms with van der Waals surface area (Å²) in [4.78, 5) is 16.7. The fourth-order valence-electron chi connectivity index (χ4n) is 4.13. The van der Waals surface area contributed by atoms with Gasteiger partial charge in [0, 0.05) is 29.2 Å². The highest BCUT2D eigenvalue weighted by molar-refractivity contribution is 6.36. The number of ether oxygens (including phenoxy) is 1. The molecule has 3 aromatic rings. The van der Waals surface area contributed by atoms with Gasteiger partial charge in [-0.05, 0) is 63.6 Å². The van der Waals surface area contributed by atoms with Crippen molar-refractivity contribution in [3.8, 4) is 6.07 Å². The van der Waals surface area contributed by atoms with E-state index in [4.69, 9.17) is 27.9 Å². The van der Waals surface area contributed by atoms with Crippen LogP contribution in [0.2, 0.25) is 10.0 Å². The summed E-state index contributed by atoms with van der Waals surface area (Å²) in [7, 11) is 0. The average Bonchev–Trinajstić information content (AvgIpc) is 3.45. The summed E-state index contributed by atoms with van der Waals surface area (Å²) in [5.74, 6) is -0.894. The fourth-order valence-corrected chi connectivity index (χ4v) is 4.58. The topological polar surface area (TPSA) is 114 Å². The Kier molecular flexibility index (Phi) is 10.2. The van der Waals surface area contributed by atoms with Gasteiger partial charge in [0.15, 0.2) is 6.73 Å². The lowest BCUT2D eigenvalue weighted by molar-refractivity contribution is -0.157. The van der Waals surface area contributed by atoms with Gasteiger partial charge in [0.05, 0.1) is 44.0 Å². The van der Waals surface area contributed by atoms with E-state index in [0.29, 0.717) is 44.3 Å². The summed E-state index contributed by atoms with van der Waals surface area (Å²) < 4.78 is 19.2. The number of allylic oxidation sites excluding steroid dienone is 3. The maximum absolute atomic E-state index is 13.8. The predicted octanol–water partition coefficient (Wildman–Crippen LogP) is 7.48. The van der Waals surface area contributed by atoms with Crippen LogP contribution in [0.1, 0.15) is 33.3 Å². The molecule has 2 aromatic carbocycles. The van der Waals surface area contributed by atoms with Crippen LogP contribution in [-0.4, -0.2) is 28.7 Å². The molecule has 0 unspecified atom stereocenters. The number of halogens is 3. The Morgan fingerprint density at radius 1 is 1.23 bits per heavy atom. The highest BCUT2D eigenvalue weighted by Gasteiger charge is 2.26. The number of aromatic nitrogens is 1. The number of carbonyl (C=O) groups is 1. The van der Waals surface area contributed by atoms with Crippen LogP contribution < -0.4 is 21.6 Å². The summed E-state index contributed by atoms with van der Waals surface area (Å²) >= 11 is 12.7. The second kappa shape index (κ2) is 13.8. The molecule has 1 aromatic heterocycles. The second-order valence-corrected chi connectivity index (χ2v) is 11.7. The third-order valence-corrected chi connectivity index (χ3v) is 7.00. The van der Waals surface area contributed by atoms with Crippen LogP contribution in [0.15, 0.2) is 84.9 Å². The monoisotopic (exact) mass is 635 g/mol. The Hall–Kier alpha value is -4.56. The number of anilines is 3.